The molecule has 0 radical (unpaired) electrons. The van der Waals surface area contributed by atoms with Gasteiger partial charge in [-0.3, -0.25) is 4.79 Å². The lowest BCUT2D eigenvalue weighted by molar-refractivity contribution is -0.121. The predicted molar refractivity (Wildman–Crippen MR) is 46.2 cm³/mol. The van der Waals surface area contributed by atoms with Crippen LogP contribution in [-0.4, -0.2) is 18.5 Å². The fourth-order valence-corrected chi connectivity index (χ4v) is 0.748. The maximum Gasteiger partial charge on any atom is 0.236 e. The third-order valence-electron chi connectivity index (χ3n) is 1.49. The molecule has 0 rings (SSSR count). The zero-order valence-electron chi connectivity index (χ0n) is 7.39. The number of carbonyl (C=O) groups excluding carboxylic acids is 1. The van der Waals surface area contributed by atoms with E-state index in [4.69, 9.17) is 5.73 Å². The van der Waals surface area contributed by atoms with Crippen molar-refractivity contribution in [3.8, 4) is 0 Å². The lowest BCUT2D eigenvalue weighted by Gasteiger charge is -2.06. The smallest absolute Gasteiger partial charge is 0.236 e. The summed E-state index contributed by atoms with van der Waals surface area (Å²) in [4.78, 5) is 10.9. The summed E-state index contributed by atoms with van der Waals surface area (Å²) in [5, 5.41) is 2.75. The SMILES string of the molecule is CCCCCNC(=O)C(C)N. The first kappa shape index (κ1) is 10.4. The summed E-state index contributed by atoms with van der Waals surface area (Å²) in [7, 11) is 0. The van der Waals surface area contributed by atoms with E-state index in [1.54, 1.807) is 6.92 Å². The molecule has 0 aromatic rings. The minimum atomic E-state index is -0.378. The number of unbranched alkanes of at least 4 members (excludes halogenated alkanes) is 2. The Labute approximate surface area is 68.3 Å². The maximum absolute atomic E-state index is 10.9. The molecule has 0 aliphatic heterocycles. The number of hydrogen-bond acceptors (Lipinski definition) is 2. The summed E-state index contributed by atoms with van der Waals surface area (Å²) in [5.41, 5.74) is 5.34. The fourth-order valence-electron chi connectivity index (χ4n) is 0.748. The van der Waals surface area contributed by atoms with E-state index >= 15 is 0 Å². The van der Waals surface area contributed by atoms with Crippen LogP contribution in [0, 0.1) is 0 Å². The molecule has 1 atom stereocenters. The number of hydrogen-bond donors (Lipinski definition) is 2. The lowest BCUT2D eigenvalue weighted by Crippen LogP contribution is -2.38. The molecule has 0 aliphatic carbocycles. The Morgan fingerprint density at radius 2 is 2.18 bits per heavy atom. The van der Waals surface area contributed by atoms with Crippen molar-refractivity contribution in [2.45, 2.75) is 39.2 Å². The van der Waals surface area contributed by atoms with Gasteiger partial charge in [0.2, 0.25) is 5.91 Å². The van der Waals surface area contributed by atoms with Gasteiger partial charge in [0.15, 0.2) is 0 Å². The van der Waals surface area contributed by atoms with Crippen molar-refractivity contribution in [3.05, 3.63) is 0 Å². The highest BCUT2D eigenvalue weighted by Crippen LogP contribution is 1.90. The molecule has 3 heteroatoms. The molecular weight excluding hydrogens is 140 g/mol. The summed E-state index contributed by atoms with van der Waals surface area (Å²) in [5.74, 6) is -0.0545. The Bertz CT molecular complexity index is 113. The van der Waals surface area contributed by atoms with Gasteiger partial charge in [-0.05, 0) is 13.3 Å². The molecule has 66 valence electrons. The van der Waals surface area contributed by atoms with E-state index in [1.165, 1.54) is 12.8 Å². The largest absolute Gasteiger partial charge is 0.355 e. The molecule has 0 bridgehead atoms. The van der Waals surface area contributed by atoms with E-state index in [-0.39, 0.29) is 11.9 Å². The van der Waals surface area contributed by atoms with E-state index in [9.17, 15) is 4.79 Å². The van der Waals surface area contributed by atoms with Gasteiger partial charge in [0.1, 0.15) is 0 Å². The summed E-state index contributed by atoms with van der Waals surface area (Å²) >= 11 is 0. The Morgan fingerprint density at radius 3 is 2.64 bits per heavy atom. The number of nitrogens with one attached hydrogen (secondary N) is 1. The molecule has 0 aliphatic rings. The molecule has 11 heavy (non-hydrogen) atoms. The number of nitrogens with two attached hydrogens (primary N) is 1. The molecule has 1 amide bonds. The zero-order chi connectivity index (χ0) is 8.69. The van der Waals surface area contributed by atoms with Crippen LogP contribution >= 0.6 is 0 Å². The Hall–Kier alpha value is -0.570. The monoisotopic (exact) mass is 158 g/mol. The van der Waals surface area contributed by atoms with Gasteiger partial charge in [0.05, 0.1) is 6.04 Å². The summed E-state index contributed by atoms with van der Waals surface area (Å²) in [6.07, 6.45) is 3.39. The molecule has 0 aromatic heterocycles. The van der Waals surface area contributed by atoms with Crippen molar-refractivity contribution in [3.63, 3.8) is 0 Å². The summed E-state index contributed by atoms with van der Waals surface area (Å²) in [6, 6.07) is -0.378. The van der Waals surface area contributed by atoms with Gasteiger partial charge in [-0.1, -0.05) is 19.8 Å². The first-order valence-electron chi connectivity index (χ1n) is 4.21. The molecule has 3 N–H and O–H groups in total. The van der Waals surface area contributed by atoms with Gasteiger partial charge in [0, 0.05) is 6.54 Å². The van der Waals surface area contributed by atoms with Crippen molar-refractivity contribution >= 4 is 5.91 Å². The molecule has 0 saturated carbocycles. The second-order valence-corrected chi connectivity index (χ2v) is 2.79. The molecule has 0 aromatic carbocycles. The van der Waals surface area contributed by atoms with Gasteiger partial charge in [-0.2, -0.15) is 0 Å². The van der Waals surface area contributed by atoms with Crippen LogP contribution in [-0.2, 0) is 4.79 Å². The maximum atomic E-state index is 10.9. The molecule has 0 saturated heterocycles. The molecular formula is C8H18N2O. The number of rotatable bonds is 5. The predicted octanol–water partition coefficient (Wildman–Crippen LogP) is 0.640. The van der Waals surface area contributed by atoms with Crippen LogP contribution in [0.25, 0.3) is 0 Å². The molecule has 0 spiro atoms. The fraction of sp³-hybridized carbons (Fsp3) is 0.875. The Kier molecular flexibility index (Phi) is 5.84. The van der Waals surface area contributed by atoms with Crippen molar-refractivity contribution in [2.24, 2.45) is 5.73 Å². The third kappa shape index (κ3) is 5.85. The van der Waals surface area contributed by atoms with Crippen LogP contribution in [0.4, 0.5) is 0 Å². The first-order chi connectivity index (χ1) is 5.18. The van der Waals surface area contributed by atoms with E-state index in [1.807, 2.05) is 0 Å². The summed E-state index contributed by atoms with van der Waals surface area (Å²) in [6.45, 7) is 4.58. The first-order valence-corrected chi connectivity index (χ1v) is 4.21. The Balaban J connectivity index is 3.18. The standard InChI is InChI=1S/C8H18N2O/c1-3-4-5-6-10-8(11)7(2)9/h7H,3-6,9H2,1-2H3,(H,10,11). The van der Waals surface area contributed by atoms with Crippen LogP contribution in [0.1, 0.15) is 33.1 Å². The van der Waals surface area contributed by atoms with Gasteiger partial charge in [-0.15, -0.1) is 0 Å². The van der Waals surface area contributed by atoms with Gasteiger partial charge < -0.3 is 11.1 Å². The van der Waals surface area contributed by atoms with E-state index in [2.05, 4.69) is 12.2 Å². The van der Waals surface area contributed by atoms with Crippen molar-refractivity contribution in [1.82, 2.24) is 5.32 Å². The quantitative estimate of drug-likeness (QED) is 0.577. The summed E-state index contributed by atoms with van der Waals surface area (Å²) < 4.78 is 0. The van der Waals surface area contributed by atoms with E-state index in [0.717, 1.165) is 13.0 Å². The van der Waals surface area contributed by atoms with Gasteiger partial charge >= 0.3 is 0 Å². The normalized spacial score (nSPS) is 12.6. The van der Waals surface area contributed by atoms with Crippen LogP contribution in [0.15, 0.2) is 0 Å². The average Bonchev–Trinajstić information content (AvgIpc) is 1.97. The lowest BCUT2D eigenvalue weighted by atomic mass is 10.2. The zero-order valence-corrected chi connectivity index (χ0v) is 7.39. The van der Waals surface area contributed by atoms with Crippen molar-refractivity contribution in [2.75, 3.05) is 6.54 Å². The Morgan fingerprint density at radius 1 is 1.55 bits per heavy atom. The van der Waals surface area contributed by atoms with Crippen LogP contribution in [0.3, 0.4) is 0 Å². The molecule has 0 heterocycles. The van der Waals surface area contributed by atoms with Gasteiger partial charge in [0.25, 0.3) is 0 Å². The third-order valence-corrected chi connectivity index (χ3v) is 1.49. The molecule has 1 unspecified atom stereocenters. The highest BCUT2D eigenvalue weighted by molar-refractivity contribution is 5.80. The second kappa shape index (κ2) is 6.16. The average molecular weight is 158 g/mol. The highest BCUT2D eigenvalue weighted by atomic mass is 16.2. The van der Waals surface area contributed by atoms with Crippen LogP contribution in [0.2, 0.25) is 0 Å². The topological polar surface area (TPSA) is 55.1 Å². The molecule has 0 fully saturated rings. The van der Waals surface area contributed by atoms with Crippen molar-refractivity contribution < 1.29 is 4.79 Å². The van der Waals surface area contributed by atoms with Crippen molar-refractivity contribution in [1.29, 1.82) is 0 Å². The number of amides is 1. The minimum absolute atomic E-state index is 0.0545. The second-order valence-electron chi connectivity index (χ2n) is 2.79. The van der Waals surface area contributed by atoms with Crippen LogP contribution < -0.4 is 11.1 Å². The van der Waals surface area contributed by atoms with Gasteiger partial charge in [-0.25, -0.2) is 0 Å². The number of carbonyl (C=O) groups is 1. The van der Waals surface area contributed by atoms with E-state index in [0.29, 0.717) is 0 Å². The molecule has 3 nitrogen and oxygen atoms in total. The van der Waals surface area contributed by atoms with E-state index < -0.39 is 0 Å². The van der Waals surface area contributed by atoms with Crippen LogP contribution in [0.5, 0.6) is 0 Å². The minimum Gasteiger partial charge on any atom is -0.355 e. The highest BCUT2D eigenvalue weighted by Gasteiger charge is 2.04.